The average Bonchev–Trinajstić information content (AvgIpc) is 2.29. The van der Waals surface area contributed by atoms with E-state index < -0.39 is 10.2 Å². The Morgan fingerprint density at radius 1 is 1.35 bits per heavy atom. The molecule has 0 aliphatic carbocycles. The predicted molar refractivity (Wildman–Crippen MR) is 66.8 cm³/mol. The Morgan fingerprint density at radius 3 is 2.59 bits per heavy atom. The normalized spacial score (nSPS) is 19.6. The van der Waals surface area contributed by atoms with Gasteiger partial charge in [0.15, 0.2) is 0 Å². The summed E-state index contributed by atoms with van der Waals surface area (Å²) in [6.07, 6.45) is 1.87. The van der Waals surface area contributed by atoms with Gasteiger partial charge in [-0.3, -0.25) is 0 Å². The molecule has 0 bridgehead atoms. The van der Waals surface area contributed by atoms with Crippen LogP contribution in [0.15, 0.2) is 0 Å². The number of hydrogen-bond donors (Lipinski definition) is 2. The summed E-state index contributed by atoms with van der Waals surface area (Å²) in [5.41, 5.74) is 5.25. The maximum atomic E-state index is 11.9. The lowest BCUT2D eigenvalue weighted by molar-refractivity contribution is 0.146. The molecule has 0 radical (unpaired) electrons. The van der Waals surface area contributed by atoms with Crippen molar-refractivity contribution in [3.63, 3.8) is 0 Å². The third-order valence-corrected chi connectivity index (χ3v) is 4.49. The third-order valence-electron chi connectivity index (χ3n) is 2.88. The lowest BCUT2D eigenvalue weighted by Gasteiger charge is -2.29. The molecule has 7 heteroatoms. The maximum Gasteiger partial charge on any atom is 0.279 e. The Balaban J connectivity index is 2.25. The van der Waals surface area contributed by atoms with Crippen molar-refractivity contribution >= 4 is 10.2 Å². The number of hydrogen-bond acceptors (Lipinski definition) is 4. The Hall–Kier alpha value is -0.210. The lowest BCUT2D eigenvalue weighted by atomic mass is 10.0. The first kappa shape index (κ1) is 14.8. The van der Waals surface area contributed by atoms with Crippen molar-refractivity contribution in [1.82, 2.24) is 9.03 Å². The van der Waals surface area contributed by atoms with Crippen molar-refractivity contribution in [1.29, 1.82) is 0 Å². The molecule has 3 N–H and O–H groups in total. The number of nitrogens with zero attached hydrogens (tertiary/aromatic N) is 1. The van der Waals surface area contributed by atoms with E-state index in [9.17, 15) is 8.42 Å². The van der Waals surface area contributed by atoms with Gasteiger partial charge in [-0.15, -0.1) is 0 Å². The second kappa shape index (κ2) is 7.27. The first-order valence-electron chi connectivity index (χ1n) is 6.09. The standard InChI is InChI=1S/C10H23N3O3S/c1-10-2-6-13(7-3-10)17(14,15)12-5-9-16-8-4-11/h10,12H,2-9,11H2,1H3. The summed E-state index contributed by atoms with van der Waals surface area (Å²) < 4.78 is 32.9. The summed E-state index contributed by atoms with van der Waals surface area (Å²) in [6, 6.07) is 0. The van der Waals surface area contributed by atoms with Crippen LogP contribution in [0.4, 0.5) is 0 Å². The van der Waals surface area contributed by atoms with E-state index in [1.54, 1.807) is 0 Å². The van der Waals surface area contributed by atoms with E-state index >= 15 is 0 Å². The van der Waals surface area contributed by atoms with Crippen LogP contribution in [0, 0.1) is 5.92 Å². The van der Waals surface area contributed by atoms with Gasteiger partial charge in [0.05, 0.1) is 13.2 Å². The highest BCUT2D eigenvalue weighted by molar-refractivity contribution is 7.87. The Labute approximate surface area is 104 Å². The number of nitrogens with two attached hydrogens (primary N) is 1. The summed E-state index contributed by atoms with van der Waals surface area (Å²) >= 11 is 0. The van der Waals surface area contributed by atoms with Crippen LogP contribution in [0.25, 0.3) is 0 Å². The molecule has 1 heterocycles. The molecule has 1 saturated heterocycles. The molecule has 0 aromatic heterocycles. The van der Waals surface area contributed by atoms with Gasteiger partial charge in [-0.25, -0.2) is 0 Å². The predicted octanol–water partition coefficient (Wildman–Crippen LogP) is -0.472. The van der Waals surface area contributed by atoms with Crippen molar-refractivity contribution in [3.8, 4) is 0 Å². The van der Waals surface area contributed by atoms with E-state index in [1.807, 2.05) is 0 Å². The molecule has 0 saturated carbocycles. The molecule has 0 atom stereocenters. The van der Waals surface area contributed by atoms with Crippen molar-refractivity contribution in [3.05, 3.63) is 0 Å². The zero-order chi connectivity index (χ0) is 12.7. The first-order chi connectivity index (χ1) is 8.06. The quantitative estimate of drug-likeness (QED) is 0.609. The van der Waals surface area contributed by atoms with Crippen LogP contribution < -0.4 is 10.5 Å². The summed E-state index contributed by atoms with van der Waals surface area (Å²) in [7, 11) is -3.32. The van der Waals surface area contributed by atoms with Crippen LogP contribution in [-0.4, -0.2) is 52.1 Å². The average molecular weight is 265 g/mol. The Bertz CT molecular complexity index is 300. The van der Waals surface area contributed by atoms with Gasteiger partial charge in [0.2, 0.25) is 0 Å². The highest BCUT2D eigenvalue weighted by Crippen LogP contribution is 2.17. The van der Waals surface area contributed by atoms with E-state index in [2.05, 4.69) is 11.6 Å². The summed E-state index contributed by atoms with van der Waals surface area (Å²) in [6.45, 7) is 4.95. The van der Waals surface area contributed by atoms with Gasteiger partial charge in [0, 0.05) is 26.2 Å². The van der Waals surface area contributed by atoms with Gasteiger partial charge in [-0.1, -0.05) is 6.92 Å². The van der Waals surface area contributed by atoms with E-state index in [0.717, 1.165) is 12.8 Å². The zero-order valence-corrected chi connectivity index (χ0v) is 11.2. The van der Waals surface area contributed by atoms with Crippen LogP contribution in [-0.2, 0) is 14.9 Å². The number of piperidine rings is 1. The number of ether oxygens (including phenoxy) is 1. The van der Waals surface area contributed by atoms with Crippen LogP contribution in [0.2, 0.25) is 0 Å². The second-order valence-electron chi connectivity index (χ2n) is 4.38. The van der Waals surface area contributed by atoms with Crippen LogP contribution in [0.1, 0.15) is 19.8 Å². The van der Waals surface area contributed by atoms with Crippen LogP contribution in [0.3, 0.4) is 0 Å². The van der Waals surface area contributed by atoms with E-state index in [4.69, 9.17) is 10.5 Å². The first-order valence-corrected chi connectivity index (χ1v) is 7.53. The fourth-order valence-corrected chi connectivity index (χ4v) is 2.96. The molecule has 0 aromatic rings. The molecule has 0 amide bonds. The van der Waals surface area contributed by atoms with E-state index in [0.29, 0.717) is 45.3 Å². The summed E-state index contributed by atoms with van der Waals surface area (Å²) in [5, 5.41) is 0. The number of rotatable bonds is 7. The minimum Gasteiger partial charge on any atom is -0.379 e. The molecule has 1 fully saturated rings. The van der Waals surface area contributed by atoms with Gasteiger partial charge < -0.3 is 10.5 Å². The molecule has 0 aromatic carbocycles. The molecule has 1 aliphatic rings. The van der Waals surface area contributed by atoms with Gasteiger partial charge >= 0.3 is 0 Å². The highest BCUT2D eigenvalue weighted by Gasteiger charge is 2.25. The van der Waals surface area contributed by atoms with Gasteiger partial charge in [-0.2, -0.15) is 17.4 Å². The Morgan fingerprint density at radius 2 is 2.00 bits per heavy atom. The highest BCUT2D eigenvalue weighted by atomic mass is 32.2. The second-order valence-corrected chi connectivity index (χ2v) is 6.14. The molecule has 0 spiro atoms. The molecule has 17 heavy (non-hydrogen) atoms. The van der Waals surface area contributed by atoms with E-state index in [-0.39, 0.29) is 0 Å². The van der Waals surface area contributed by atoms with Crippen LogP contribution >= 0.6 is 0 Å². The van der Waals surface area contributed by atoms with Crippen molar-refractivity contribution in [2.75, 3.05) is 39.4 Å². The SMILES string of the molecule is CC1CCN(S(=O)(=O)NCCOCCN)CC1. The monoisotopic (exact) mass is 265 g/mol. The minimum atomic E-state index is -3.32. The summed E-state index contributed by atoms with van der Waals surface area (Å²) in [4.78, 5) is 0. The van der Waals surface area contributed by atoms with Crippen molar-refractivity contribution in [2.24, 2.45) is 11.7 Å². The summed E-state index contributed by atoms with van der Waals surface area (Å²) in [5.74, 6) is 0.620. The smallest absolute Gasteiger partial charge is 0.279 e. The molecular formula is C10H23N3O3S. The molecule has 1 aliphatic heterocycles. The molecule has 1 rings (SSSR count). The Kier molecular flexibility index (Phi) is 6.35. The van der Waals surface area contributed by atoms with E-state index in [1.165, 1.54) is 4.31 Å². The largest absolute Gasteiger partial charge is 0.379 e. The van der Waals surface area contributed by atoms with Crippen molar-refractivity contribution < 1.29 is 13.2 Å². The van der Waals surface area contributed by atoms with Crippen molar-refractivity contribution in [2.45, 2.75) is 19.8 Å². The fraction of sp³-hybridized carbons (Fsp3) is 1.00. The molecule has 0 unspecified atom stereocenters. The van der Waals surface area contributed by atoms with Gasteiger partial charge in [-0.05, 0) is 18.8 Å². The maximum absolute atomic E-state index is 11.9. The molecule has 6 nitrogen and oxygen atoms in total. The van der Waals surface area contributed by atoms with Gasteiger partial charge in [0.1, 0.15) is 0 Å². The topological polar surface area (TPSA) is 84.7 Å². The van der Waals surface area contributed by atoms with Crippen LogP contribution in [0.5, 0.6) is 0 Å². The fourth-order valence-electron chi connectivity index (χ4n) is 1.74. The lowest BCUT2D eigenvalue weighted by Crippen LogP contribution is -2.45. The number of nitrogens with one attached hydrogen (secondary N) is 1. The van der Waals surface area contributed by atoms with Gasteiger partial charge in [0.25, 0.3) is 10.2 Å². The zero-order valence-electron chi connectivity index (χ0n) is 10.4. The molecular weight excluding hydrogens is 242 g/mol. The molecule has 102 valence electrons. The third kappa shape index (κ3) is 5.31. The minimum absolute atomic E-state index is 0.300.